The molecule has 0 radical (unpaired) electrons. The van der Waals surface area contributed by atoms with Crippen LogP contribution in [-0.4, -0.2) is 82.3 Å². The third-order valence-corrected chi connectivity index (χ3v) is 10.4. The SMILES string of the molecule is COc1ccc2c(c1)OCC/C=C\CCCCN(C[C@@H](O)[C@@H](CC(=O)OC1CO[C@H]3OCCC13)Cc1ccccc1)S2(=O)=O. The number of hydrogen-bond donors (Lipinski definition) is 1. The summed E-state index contributed by atoms with van der Waals surface area (Å²) in [7, 11) is -2.57. The molecule has 0 bridgehead atoms. The van der Waals surface area contributed by atoms with Gasteiger partial charge in [-0.15, -0.1) is 0 Å². The molecule has 10 nitrogen and oxygen atoms in total. The molecule has 2 fully saturated rings. The molecular formula is C33H43NO9S. The van der Waals surface area contributed by atoms with Crippen molar-refractivity contribution in [2.45, 2.75) is 68.3 Å². The zero-order valence-electron chi connectivity index (χ0n) is 25.2. The molecule has 2 aromatic carbocycles. The van der Waals surface area contributed by atoms with E-state index in [0.717, 1.165) is 24.8 Å². The molecule has 1 N–H and O–H groups in total. The van der Waals surface area contributed by atoms with Gasteiger partial charge in [0.2, 0.25) is 10.0 Å². The number of fused-ring (bicyclic) bond motifs is 2. The number of rotatable bonds is 9. The van der Waals surface area contributed by atoms with E-state index in [1.54, 1.807) is 12.1 Å². The first kappa shape index (κ1) is 32.4. The van der Waals surface area contributed by atoms with E-state index in [1.807, 2.05) is 36.4 Å². The molecule has 11 heteroatoms. The van der Waals surface area contributed by atoms with Crippen LogP contribution in [0.4, 0.5) is 0 Å². The van der Waals surface area contributed by atoms with Gasteiger partial charge in [-0.05, 0) is 56.2 Å². The van der Waals surface area contributed by atoms with E-state index >= 15 is 0 Å². The van der Waals surface area contributed by atoms with Crippen LogP contribution in [0.3, 0.4) is 0 Å². The average molecular weight is 630 g/mol. The van der Waals surface area contributed by atoms with Gasteiger partial charge in [-0.25, -0.2) is 8.42 Å². The maximum Gasteiger partial charge on any atom is 0.306 e. The molecule has 44 heavy (non-hydrogen) atoms. The van der Waals surface area contributed by atoms with E-state index in [1.165, 1.54) is 17.5 Å². The minimum atomic E-state index is -4.08. The molecule has 0 amide bonds. The number of aliphatic hydroxyl groups excluding tert-OH is 1. The number of methoxy groups -OCH3 is 1. The van der Waals surface area contributed by atoms with Gasteiger partial charge in [0.25, 0.3) is 0 Å². The Kier molecular flexibility index (Phi) is 11.3. The van der Waals surface area contributed by atoms with Gasteiger partial charge < -0.3 is 28.8 Å². The maximum atomic E-state index is 14.2. The number of ether oxygens (including phenoxy) is 5. The highest BCUT2D eigenvalue weighted by Gasteiger charge is 2.44. The number of carbonyl (C=O) groups is 1. The fourth-order valence-electron chi connectivity index (χ4n) is 6.01. The van der Waals surface area contributed by atoms with Crippen molar-refractivity contribution in [3.05, 3.63) is 66.2 Å². The van der Waals surface area contributed by atoms with Crippen molar-refractivity contribution < 1.29 is 42.0 Å². The van der Waals surface area contributed by atoms with Crippen molar-refractivity contribution >= 4 is 16.0 Å². The molecule has 3 heterocycles. The molecule has 3 aliphatic heterocycles. The number of allylic oxidation sites excluding steroid dienone is 1. The summed E-state index contributed by atoms with van der Waals surface area (Å²) in [6.07, 6.45) is 6.19. The number of nitrogens with zero attached hydrogens (tertiary/aromatic N) is 1. The average Bonchev–Trinajstić information content (AvgIpc) is 3.64. The molecule has 0 aromatic heterocycles. The van der Waals surface area contributed by atoms with Crippen LogP contribution in [0.2, 0.25) is 0 Å². The molecule has 5 rings (SSSR count). The van der Waals surface area contributed by atoms with E-state index in [4.69, 9.17) is 23.7 Å². The van der Waals surface area contributed by atoms with E-state index in [-0.39, 0.29) is 49.0 Å². The van der Waals surface area contributed by atoms with Crippen LogP contribution in [0.25, 0.3) is 0 Å². The Balaban J connectivity index is 1.37. The highest BCUT2D eigenvalue weighted by Crippen LogP contribution is 2.34. The predicted octanol–water partition coefficient (Wildman–Crippen LogP) is 4.11. The minimum absolute atomic E-state index is 0.00359. The van der Waals surface area contributed by atoms with Gasteiger partial charge in [0.15, 0.2) is 6.29 Å². The van der Waals surface area contributed by atoms with Crippen molar-refractivity contribution in [1.82, 2.24) is 4.31 Å². The highest BCUT2D eigenvalue weighted by molar-refractivity contribution is 7.89. The van der Waals surface area contributed by atoms with Gasteiger partial charge in [0, 0.05) is 25.1 Å². The summed E-state index contributed by atoms with van der Waals surface area (Å²) in [6, 6.07) is 14.2. The lowest BCUT2D eigenvalue weighted by Gasteiger charge is -2.30. The zero-order chi connectivity index (χ0) is 30.9. The topological polar surface area (TPSA) is 121 Å². The Morgan fingerprint density at radius 1 is 1.07 bits per heavy atom. The number of sulfonamides is 1. The fourth-order valence-corrected chi connectivity index (χ4v) is 7.62. The van der Waals surface area contributed by atoms with E-state index in [0.29, 0.717) is 38.2 Å². The predicted molar refractivity (Wildman–Crippen MR) is 163 cm³/mol. The normalized spacial score (nSPS) is 26.0. The molecule has 5 atom stereocenters. The van der Waals surface area contributed by atoms with Gasteiger partial charge in [-0.3, -0.25) is 4.79 Å². The Morgan fingerprint density at radius 3 is 2.70 bits per heavy atom. The highest BCUT2D eigenvalue weighted by atomic mass is 32.2. The summed E-state index contributed by atoms with van der Waals surface area (Å²) in [6.45, 7) is 1.19. The van der Waals surface area contributed by atoms with Crippen LogP contribution in [0.15, 0.2) is 65.6 Å². The second-order valence-electron chi connectivity index (χ2n) is 11.6. The number of benzene rings is 2. The first-order valence-corrected chi connectivity index (χ1v) is 16.9. The Bertz CT molecular complexity index is 1370. The van der Waals surface area contributed by atoms with Crippen LogP contribution in [0.1, 0.15) is 44.1 Å². The lowest BCUT2D eigenvalue weighted by molar-refractivity contribution is -0.153. The molecule has 2 aromatic rings. The lowest BCUT2D eigenvalue weighted by atomic mass is 9.90. The molecule has 0 saturated carbocycles. The van der Waals surface area contributed by atoms with Crippen LogP contribution in [0, 0.1) is 11.8 Å². The van der Waals surface area contributed by atoms with Gasteiger partial charge in [0.05, 0.1) is 45.4 Å². The summed E-state index contributed by atoms with van der Waals surface area (Å²) in [5.41, 5.74) is 0.934. The second kappa shape index (κ2) is 15.4. The molecule has 240 valence electrons. The van der Waals surface area contributed by atoms with Crippen molar-refractivity contribution in [1.29, 1.82) is 0 Å². The molecule has 2 unspecified atom stereocenters. The number of hydrogen-bond acceptors (Lipinski definition) is 9. The molecule has 2 saturated heterocycles. The molecular weight excluding hydrogens is 586 g/mol. The van der Waals surface area contributed by atoms with Crippen molar-refractivity contribution in [3.8, 4) is 11.5 Å². The summed E-state index contributed by atoms with van der Waals surface area (Å²) >= 11 is 0. The van der Waals surface area contributed by atoms with Crippen molar-refractivity contribution in [2.24, 2.45) is 11.8 Å². The zero-order valence-corrected chi connectivity index (χ0v) is 26.0. The monoisotopic (exact) mass is 629 g/mol. The van der Waals surface area contributed by atoms with Crippen molar-refractivity contribution in [2.75, 3.05) is 40.0 Å². The minimum Gasteiger partial charge on any atom is -0.497 e. The summed E-state index contributed by atoms with van der Waals surface area (Å²) in [4.78, 5) is 13.2. The number of aliphatic hydroxyl groups is 1. The maximum absolute atomic E-state index is 14.2. The van der Waals surface area contributed by atoms with E-state index < -0.39 is 34.1 Å². The summed E-state index contributed by atoms with van der Waals surface area (Å²) in [5, 5.41) is 11.7. The van der Waals surface area contributed by atoms with Gasteiger partial charge in [0.1, 0.15) is 22.5 Å². The second-order valence-corrected chi connectivity index (χ2v) is 13.5. The Labute approximate surface area is 259 Å². The van der Waals surface area contributed by atoms with Crippen molar-refractivity contribution in [3.63, 3.8) is 0 Å². The van der Waals surface area contributed by atoms with E-state index in [9.17, 15) is 18.3 Å². The Hall–Kier alpha value is -2.96. The third kappa shape index (κ3) is 8.19. The first-order chi connectivity index (χ1) is 21.3. The fraction of sp³-hybridized carbons (Fsp3) is 0.545. The van der Waals surface area contributed by atoms with Crippen LogP contribution in [0.5, 0.6) is 11.5 Å². The third-order valence-electron chi connectivity index (χ3n) is 8.48. The van der Waals surface area contributed by atoms with Gasteiger partial charge >= 0.3 is 5.97 Å². The van der Waals surface area contributed by atoms with Gasteiger partial charge in [-0.1, -0.05) is 42.5 Å². The molecule has 0 aliphatic carbocycles. The number of esters is 1. The first-order valence-electron chi connectivity index (χ1n) is 15.5. The summed E-state index contributed by atoms with van der Waals surface area (Å²) < 4.78 is 57.9. The van der Waals surface area contributed by atoms with Crippen LogP contribution >= 0.6 is 0 Å². The lowest BCUT2D eigenvalue weighted by Crippen LogP contribution is -2.42. The summed E-state index contributed by atoms with van der Waals surface area (Å²) in [5.74, 6) is -0.346. The standard InChI is InChI=1S/C33H43NO9S/c1-39-26-13-14-31-29(21-26)40-17-10-5-3-2-4-9-16-34(44(31,37)38)22-28(35)25(19-24-11-7-6-8-12-24)20-32(36)43-30-23-42-33-27(30)15-18-41-33/h3,5-8,11-14,21,25,27-28,30,33,35H,2,4,9-10,15-20,22-23H2,1H3/b5-3-/t25-,27?,28-,30?,33-/m1/s1. The van der Waals surface area contributed by atoms with Crippen LogP contribution in [-0.2, 0) is 35.4 Å². The Morgan fingerprint density at radius 2 is 1.89 bits per heavy atom. The molecule has 0 spiro atoms. The number of β-amino-alcohol motifs (C(OH)–C–C–N with tert-alkyl or cyclic N) is 1. The smallest absolute Gasteiger partial charge is 0.306 e. The van der Waals surface area contributed by atoms with Crippen LogP contribution < -0.4 is 9.47 Å². The molecule has 3 aliphatic rings. The number of carbonyl (C=O) groups excluding carboxylic acids is 1. The van der Waals surface area contributed by atoms with Gasteiger partial charge in [-0.2, -0.15) is 4.31 Å². The largest absolute Gasteiger partial charge is 0.497 e. The van der Waals surface area contributed by atoms with E-state index in [2.05, 4.69) is 6.08 Å². The quantitative estimate of drug-likeness (QED) is 0.323.